The number of carbonyl (C=O) groups is 1. The molecule has 0 unspecified atom stereocenters. The van der Waals surface area contributed by atoms with Crippen molar-refractivity contribution in [1.29, 1.82) is 0 Å². The molecule has 204 valence electrons. The maximum absolute atomic E-state index is 14.3. The first kappa shape index (κ1) is 25.4. The van der Waals surface area contributed by atoms with E-state index in [1.807, 2.05) is 64.3 Å². The number of benzene rings is 2. The maximum atomic E-state index is 14.3. The summed E-state index contributed by atoms with van der Waals surface area (Å²) in [6.45, 7) is 1.14. The average molecular weight is 545 g/mol. The van der Waals surface area contributed by atoms with Crippen molar-refractivity contribution < 1.29 is 18.7 Å². The highest BCUT2D eigenvalue weighted by Gasteiger charge is 2.25. The quantitative estimate of drug-likeness (QED) is 0.324. The van der Waals surface area contributed by atoms with Crippen molar-refractivity contribution in [1.82, 2.24) is 29.0 Å². The molecule has 4 heterocycles. The molecule has 0 bridgehead atoms. The molecule has 1 fully saturated rings. The van der Waals surface area contributed by atoms with E-state index in [2.05, 4.69) is 15.4 Å². The molecule has 0 aliphatic carbocycles. The predicted octanol–water partition coefficient (Wildman–Crippen LogP) is 3.32. The van der Waals surface area contributed by atoms with Crippen molar-refractivity contribution in [3.05, 3.63) is 96.1 Å². The van der Waals surface area contributed by atoms with Gasteiger partial charge in [-0.25, -0.2) is 18.3 Å². The highest BCUT2D eigenvalue weighted by molar-refractivity contribution is 5.79. The molecule has 6 rings (SSSR count). The van der Waals surface area contributed by atoms with Crippen LogP contribution in [0.3, 0.4) is 0 Å². The SMILES string of the molecule is O=C(Cc1c(F)cc(CO)cc1F)N1CCN(c2nc(Nc3cn(-c4ccccc4)cn3)c3cccn3n2)CC1. The third-order valence-corrected chi connectivity index (χ3v) is 6.89. The van der Waals surface area contributed by atoms with E-state index >= 15 is 0 Å². The Morgan fingerprint density at radius 3 is 2.48 bits per heavy atom. The van der Waals surface area contributed by atoms with E-state index in [1.54, 1.807) is 15.7 Å². The molecule has 1 aliphatic rings. The Kier molecular flexibility index (Phi) is 6.83. The van der Waals surface area contributed by atoms with Gasteiger partial charge >= 0.3 is 0 Å². The van der Waals surface area contributed by atoms with Crippen LogP contribution >= 0.6 is 0 Å². The number of piperazine rings is 1. The molecule has 2 N–H and O–H groups in total. The van der Waals surface area contributed by atoms with Gasteiger partial charge in [0, 0.05) is 43.6 Å². The van der Waals surface area contributed by atoms with Gasteiger partial charge in [-0.1, -0.05) is 18.2 Å². The second-order valence-electron chi connectivity index (χ2n) is 9.47. The van der Waals surface area contributed by atoms with E-state index in [-0.39, 0.29) is 23.5 Å². The zero-order chi connectivity index (χ0) is 27.6. The summed E-state index contributed by atoms with van der Waals surface area (Å²) in [4.78, 5) is 25.6. The summed E-state index contributed by atoms with van der Waals surface area (Å²) in [5, 5.41) is 17.1. The third kappa shape index (κ3) is 5.08. The summed E-state index contributed by atoms with van der Waals surface area (Å²) in [5.74, 6) is -0.344. The standard InChI is InChI=1S/C28H26F2N8O2/c29-22-13-19(17-39)14-23(30)21(22)15-26(40)35-9-11-36(12-10-35)28-33-27(24-7-4-8-38(24)34-28)32-25-16-37(18-31-25)20-5-2-1-3-6-20/h1-8,13-14,16,18,39H,9-12,15,17H2,(H,32,33,34). The fraction of sp³-hybridized carbons (Fsp3) is 0.214. The summed E-state index contributed by atoms with van der Waals surface area (Å²) in [6, 6.07) is 15.7. The number of rotatable bonds is 7. The van der Waals surface area contributed by atoms with Crippen LogP contribution in [0.5, 0.6) is 0 Å². The van der Waals surface area contributed by atoms with E-state index < -0.39 is 18.2 Å². The van der Waals surface area contributed by atoms with Crippen molar-refractivity contribution in [3.63, 3.8) is 0 Å². The molecule has 3 aromatic heterocycles. The monoisotopic (exact) mass is 544 g/mol. The maximum Gasteiger partial charge on any atom is 0.245 e. The molecule has 40 heavy (non-hydrogen) atoms. The lowest BCUT2D eigenvalue weighted by Gasteiger charge is -2.35. The van der Waals surface area contributed by atoms with Gasteiger partial charge in [0.25, 0.3) is 0 Å². The van der Waals surface area contributed by atoms with Crippen molar-refractivity contribution in [3.8, 4) is 5.69 Å². The van der Waals surface area contributed by atoms with Crippen LogP contribution in [0.4, 0.5) is 26.4 Å². The number of carbonyl (C=O) groups excluding carboxylic acids is 1. The van der Waals surface area contributed by atoms with Gasteiger partial charge in [0.15, 0.2) is 5.82 Å². The highest BCUT2D eigenvalue weighted by Crippen LogP contribution is 2.24. The van der Waals surface area contributed by atoms with E-state index in [4.69, 9.17) is 10.1 Å². The second-order valence-corrected chi connectivity index (χ2v) is 9.47. The number of hydrogen-bond donors (Lipinski definition) is 2. The first-order valence-electron chi connectivity index (χ1n) is 12.8. The summed E-state index contributed by atoms with van der Waals surface area (Å²) < 4.78 is 32.3. The summed E-state index contributed by atoms with van der Waals surface area (Å²) in [6.07, 6.45) is 5.05. The Morgan fingerprint density at radius 2 is 1.75 bits per heavy atom. The number of imidazole rings is 1. The van der Waals surface area contributed by atoms with Crippen LogP contribution in [0.15, 0.2) is 73.3 Å². The van der Waals surface area contributed by atoms with Gasteiger partial charge < -0.3 is 24.8 Å². The lowest BCUT2D eigenvalue weighted by molar-refractivity contribution is -0.130. The Morgan fingerprint density at radius 1 is 1.00 bits per heavy atom. The number of aromatic nitrogens is 5. The molecular weight excluding hydrogens is 518 g/mol. The molecule has 0 saturated carbocycles. The number of aliphatic hydroxyl groups is 1. The molecule has 1 aliphatic heterocycles. The summed E-state index contributed by atoms with van der Waals surface area (Å²) in [5.41, 5.74) is 1.59. The summed E-state index contributed by atoms with van der Waals surface area (Å²) in [7, 11) is 0. The lowest BCUT2D eigenvalue weighted by atomic mass is 10.1. The van der Waals surface area contributed by atoms with Crippen molar-refractivity contribution in [2.45, 2.75) is 13.0 Å². The Bertz CT molecular complexity index is 1640. The number of para-hydroxylation sites is 1. The zero-order valence-electron chi connectivity index (χ0n) is 21.4. The normalized spacial score (nSPS) is 13.7. The molecule has 1 amide bonds. The number of aliphatic hydroxyl groups excluding tert-OH is 1. The van der Waals surface area contributed by atoms with Crippen LogP contribution in [0.1, 0.15) is 11.1 Å². The number of halogens is 2. The van der Waals surface area contributed by atoms with Crippen molar-refractivity contribution in [2.24, 2.45) is 0 Å². The Labute approximate surface area is 228 Å². The molecule has 10 nitrogen and oxygen atoms in total. The number of anilines is 3. The van der Waals surface area contributed by atoms with Gasteiger partial charge in [0.05, 0.1) is 19.2 Å². The molecule has 1 saturated heterocycles. The third-order valence-electron chi connectivity index (χ3n) is 6.89. The average Bonchev–Trinajstić information content (AvgIpc) is 3.65. The van der Waals surface area contributed by atoms with Crippen LogP contribution < -0.4 is 10.2 Å². The number of hydrogen-bond acceptors (Lipinski definition) is 7. The van der Waals surface area contributed by atoms with E-state index in [0.717, 1.165) is 23.3 Å². The minimum atomic E-state index is -0.835. The van der Waals surface area contributed by atoms with Gasteiger partial charge in [-0.3, -0.25) is 4.79 Å². The van der Waals surface area contributed by atoms with Gasteiger partial charge in [-0.2, -0.15) is 4.98 Å². The minimum absolute atomic E-state index is 0.123. The minimum Gasteiger partial charge on any atom is -0.392 e. The lowest BCUT2D eigenvalue weighted by Crippen LogP contribution is -2.50. The first-order chi connectivity index (χ1) is 19.5. The van der Waals surface area contributed by atoms with E-state index in [1.165, 1.54) is 0 Å². The highest BCUT2D eigenvalue weighted by atomic mass is 19.1. The largest absolute Gasteiger partial charge is 0.392 e. The van der Waals surface area contributed by atoms with Crippen molar-refractivity contribution >= 4 is 29.0 Å². The number of nitrogens with one attached hydrogen (secondary N) is 1. The summed E-state index contributed by atoms with van der Waals surface area (Å²) >= 11 is 0. The fourth-order valence-corrected chi connectivity index (χ4v) is 4.73. The van der Waals surface area contributed by atoms with Crippen LogP contribution in [-0.2, 0) is 17.8 Å². The Balaban J connectivity index is 1.15. The Hall–Kier alpha value is -4.84. The molecule has 5 aromatic rings. The van der Waals surface area contributed by atoms with Crippen LogP contribution in [0, 0.1) is 11.6 Å². The van der Waals surface area contributed by atoms with Gasteiger partial charge in [0.2, 0.25) is 11.9 Å². The number of amides is 1. The number of fused-ring (bicyclic) bond motifs is 1. The molecule has 0 atom stereocenters. The van der Waals surface area contributed by atoms with Gasteiger partial charge in [-0.05, 0) is 42.0 Å². The van der Waals surface area contributed by atoms with Gasteiger partial charge in [0.1, 0.15) is 29.3 Å². The van der Waals surface area contributed by atoms with Crippen molar-refractivity contribution in [2.75, 3.05) is 36.4 Å². The zero-order valence-corrected chi connectivity index (χ0v) is 21.4. The first-order valence-corrected chi connectivity index (χ1v) is 12.8. The van der Waals surface area contributed by atoms with Gasteiger partial charge in [-0.15, -0.1) is 5.10 Å². The van der Waals surface area contributed by atoms with Crippen LogP contribution in [-0.4, -0.2) is 66.2 Å². The molecule has 0 radical (unpaired) electrons. The van der Waals surface area contributed by atoms with E-state index in [9.17, 15) is 13.6 Å². The predicted molar refractivity (Wildman–Crippen MR) is 145 cm³/mol. The fourth-order valence-electron chi connectivity index (χ4n) is 4.73. The number of nitrogens with zero attached hydrogens (tertiary/aromatic N) is 7. The smallest absolute Gasteiger partial charge is 0.245 e. The molecule has 12 heteroatoms. The second kappa shape index (κ2) is 10.7. The topological polar surface area (TPSA) is 104 Å². The molecule has 2 aromatic carbocycles. The van der Waals surface area contributed by atoms with Crippen LogP contribution in [0.25, 0.3) is 11.2 Å². The molecular formula is C28H26F2N8O2. The van der Waals surface area contributed by atoms with E-state index in [0.29, 0.717) is 43.8 Å². The molecule has 0 spiro atoms. The van der Waals surface area contributed by atoms with Crippen LogP contribution in [0.2, 0.25) is 0 Å².